The Morgan fingerprint density at radius 1 is 1.22 bits per heavy atom. The first-order chi connectivity index (χ1) is 15.5. The fourth-order valence-electron chi connectivity index (χ4n) is 4.35. The summed E-state index contributed by atoms with van der Waals surface area (Å²) in [7, 11) is 3.35. The van der Waals surface area contributed by atoms with E-state index >= 15 is 0 Å². The number of fused-ring (bicyclic) bond motifs is 1. The Bertz CT molecular complexity index is 1190. The van der Waals surface area contributed by atoms with Crippen LogP contribution < -0.4 is 15.6 Å². The second-order valence-electron chi connectivity index (χ2n) is 7.84. The lowest BCUT2D eigenvalue weighted by atomic mass is 10.1. The fourth-order valence-corrected chi connectivity index (χ4v) is 4.61. The Kier molecular flexibility index (Phi) is 6.53. The van der Waals surface area contributed by atoms with Crippen LogP contribution in [0, 0.1) is 0 Å². The first-order valence-corrected chi connectivity index (χ1v) is 11.3. The summed E-state index contributed by atoms with van der Waals surface area (Å²) in [5, 5.41) is 4.02. The van der Waals surface area contributed by atoms with E-state index in [1.165, 1.54) is 11.1 Å². The number of rotatable bonds is 7. The van der Waals surface area contributed by atoms with Gasteiger partial charge in [0.05, 0.1) is 30.0 Å². The number of aryl methyl sites for hydroxylation is 1. The van der Waals surface area contributed by atoms with Crippen molar-refractivity contribution in [1.82, 2.24) is 9.55 Å². The quantitative estimate of drug-likeness (QED) is 0.557. The molecule has 1 N–H and O–H groups in total. The van der Waals surface area contributed by atoms with E-state index in [0.29, 0.717) is 40.9 Å². The average Bonchev–Trinajstić information content (AvgIpc) is 3.14. The molecule has 0 aliphatic heterocycles. The van der Waals surface area contributed by atoms with Gasteiger partial charge >= 0.3 is 0 Å². The van der Waals surface area contributed by atoms with Gasteiger partial charge in [-0.05, 0) is 42.7 Å². The number of nitrogens with one attached hydrogen (secondary N) is 1. The minimum absolute atomic E-state index is 0.00656. The largest absolute Gasteiger partial charge is 0.497 e. The average molecular weight is 454 g/mol. The maximum atomic E-state index is 13.3. The second-order valence-corrected chi connectivity index (χ2v) is 8.25. The molecule has 0 spiro atoms. The highest BCUT2D eigenvalue weighted by atomic mass is 35.5. The van der Waals surface area contributed by atoms with Gasteiger partial charge in [-0.2, -0.15) is 0 Å². The molecule has 0 bridgehead atoms. The molecule has 1 aliphatic rings. The third-order valence-electron chi connectivity index (χ3n) is 5.98. The van der Waals surface area contributed by atoms with Crippen LogP contribution in [-0.2, 0) is 24.6 Å². The predicted molar refractivity (Wildman–Crippen MR) is 128 cm³/mol. The van der Waals surface area contributed by atoms with Crippen molar-refractivity contribution in [1.29, 1.82) is 0 Å². The molecule has 4 rings (SSSR count). The summed E-state index contributed by atoms with van der Waals surface area (Å²) in [6, 6.07) is 13.5. The molecule has 1 aromatic heterocycles. The Morgan fingerprint density at radius 2 is 2.00 bits per heavy atom. The minimum atomic E-state index is -0.212. The molecule has 7 heteroatoms. The van der Waals surface area contributed by atoms with Crippen molar-refractivity contribution in [2.75, 3.05) is 19.0 Å². The molecule has 32 heavy (non-hydrogen) atoms. The van der Waals surface area contributed by atoms with E-state index in [0.717, 1.165) is 12.1 Å². The van der Waals surface area contributed by atoms with E-state index < -0.39 is 0 Å². The zero-order chi connectivity index (χ0) is 22.8. The van der Waals surface area contributed by atoms with Crippen LogP contribution in [-0.4, -0.2) is 29.4 Å². The zero-order valence-corrected chi connectivity index (χ0v) is 19.6. The van der Waals surface area contributed by atoms with E-state index in [2.05, 4.69) is 17.4 Å². The number of aromatic nitrogens is 2. The summed E-state index contributed by atoms with van der Waals surface area (Å²) in [5.41, 5.74) is 3.97. The number of hydrogen-bond donors (Lipinski definition) is 1. The molecule has 0 amide bonds. The van der Waals surface area contributed by atoms with E-state index in [1.807, 2.05) is 26.0 Å². The van der Waals surface area contributed by atoms with Crippen LogP contribution >= 0.6 is 11.6 Å². The van der Waals surface area contributed by atoms with Crippen LogP contribution in [0.1, 0.15) is 36.7 Å². The van der Waals surface area contributed by atoms with Gasteiger partial charge in [0, 0.05) is 25.6 Å². The van der Waals surface area contributed by atoms with Crippen LogP contribution in [0.25, 0.3) is 11.3 Å². The molecule has 1 unspecified atom stereocenters. The van der Waals surface area contributed by atoms with Crippen molar-refractivity contribution in [2.45, 2.75) is 38.8 Å². The van der Waals surface area contributed by atoms with Gasteiger partial charge in [-0.3, -0.25) is 9.36 Å². The van der Waals surface area contributed by atoms with Gasteiger partial charge in [-0.1, -0.05) is 42.8 Å². The highest BCUT2D eigenvalue weighted by molar-refractivity contribution is 6.33. The molecular weight excluding hydrogens is 426 g/mol. The van der Waals surface area contributed by atoms with Crippen LogP contribution in [0.3, 0.4) is 0 Å². The smallest absolute Gasteiger partial charge is 0.278 e. The van der Waals surface area contributed by atoms with Crippen LogP contribution in [0.2, 0.25) is 5.02 Å². The highest BCUT2D eigenvalue weighted by Gasteiger charge is 2.34. The van der Waals surface area contributed by atoms with Crippen molar-refractivity contribution in [3.63, 3.8) is 0 Å². The van der Waals surface area contributed by atoms with Crippen molar-refractivity contribution in [3.8, 4) is 17.0 Å². The molecule has 168 valence electrons. The summed E-state index contributed by atoms with van der Waals surface area (Å²) < 4.78 is 12.9. The summed E-state index contributed by atoms with van der Waals surface area (Å²) in [5.74, 6) is 1.34. The standard InChI is InChI=1S/C25H28ClN3O3/c1-5-20-24(28-22-17-10-8-7-9-15(17)13-21(22)32-6-2)29(3)25(30)23(27-20)18-12-11-16(31-4)14-19(18)26/h7-12,14,21-22,28H,5-6,13H2,1-4H3/t21-,22?/m0/s1. The Morgan fingerprint density at radius 3 is 2.69 bits per heavy atom. The summed E-state index contributed by atoms with van der Waals surface area (Å²) in [6.07, 6.45) is 1.49. The maximum Gasteiger partial charge on any atom is 0.278 e. The first-order valence-electron chi connectivity index (χ1n) is 10.9. The number of halogens is 1. The van der Waals surface area contributed by atoms with Crippen molar-refractivity contribution in [2.24, 2.45) is 7.05 Å². The minimum Gasteiger partial charge on any atom is -0.497 e. The third-order valence-corrected chi connectivity index (χ3v) is 6.30. The predicted octanol–water partition coefficient (Wildman–Crippen LogP) is 4.79. The van der Waals surface area contributed by atoms with Crippen LogP contribution in [0.15, 0.2) is 47.3 Å². The third kappa shape index (κ3) is 4.00. The van der Waals surface area contributed by atoms with E-state index in [1.54, 1.807) is 36.9 Å². The Hall–Kier alpha value is -2.83. The zero-order valence-electron chi connectivity index (χ0n) is 18.8. The van der Waals surface area contributed by atoms with Crippen LogP contribution in [0.5, 0.6) is 5.75 Å². The Labute approximate surface area is 193 Å². The normalized spacial score (nSPS) is 17.3. The van der Waals surface area contributed by atoms with Gasteiger partial charge in [-0.25, -0.2) is 4.98 Å². The molecule has 0 saturated carbocycles. The maximum absolute atomic E-state index is 13.3. The molecular formula is C25H28ClN3O3. The highest BCUT2D eigenvalue weighted by Crippen LogP contribution is 2.37. The fraction of sp³-hybridized carbons (Fsp3) is 0.360. The number of hydrogen-bond acceptors (Lipinski definition) is 5. The van der Waals surface area contributed by atoms with Crippen LogP contribution in [0.4, 0.5) is 5.82 Å². The molecule has 0 radical (unpaired) electrons. The van der Waals surface area contributed by atoms with E-state index in [4.69, 9.17) is 26.1 Å². The number of methoxy groups -OCH3 is 1. The van der Waals surface area contributed by atoms with Gasteiger partial charge in [0.2, 0.25) is 0 Å². The molecule has 3 aromatic rings. The summed E-state index contributed by atoms with van der Waals surface area (Å²) >= 11 is 6.45. The van der Waals surface area contributed by atoms with Gasteiger partial charge in [0.15, 0.2) is 0 Å². The molecule has 6 nitrogen and oxygen atoms in total. The summed E-state index contributed by atoms with van der Waals surface area (Å²) in [4.78, 5) is 18.1. The van der Waals surface area contributed by atoms with Crippen molar-refractivity contribution < 1.29 is 9.47 Å². The first kappa shape index (κ1) is 22.4. The van der Waals surface area contributed by atoms with E-state index in [9.17, 15) is 4.79 Å². The molecule has 0 fully saturated rings. The van der Waals surface area contributed by atoms with Crippen molar-refractivity contribution in [3.05, 3.63) is 74.7 Å². The van der Waals surface area contributed by atoms with Gasteiger partial charge in [0.1, 0.15) is 17.3 Å². The number of nitrogens with zero attached hydrogens (tertiary/aromatic N) is 2. The van der Waals surface area contributed by atoms with Gasteiger partial charge in [-0.15, -0.1) is 0 Å². The number of anilines is 1. The number of benzene rings is 2. The molecule has 0 saturated heterocycles. The SMILES string of the molecule is CCO[C@H]1Cc2ccccc2C1Nc1c(CC)nc(-c2ccc(OC)cc2Cl)c(=O)n1C. The lowest BCUT2D eigenvalue weighted by molar-refractivity contribution is 0.0572. The Balaban J connectivity index is 1.78. The van der Waals surface area contributed by atoms with Gasteiger partial charge < -0.3 is 14.8 Å². The lowest BCUT2D eigenvalue weighted by Gasteiger charge is -2.25. The monoisotopic (exact) mass is 453 g/mol. The van der Waals surface area contributed by atoms with Gasteiger partial charge in [0.25, 0.3) is 5.56 Å². The lowest BCUT2D eigenvalue weighted by Crippen LogP contribution is -2.31. The second kappa shape index (κ2) is 9.35. The molecule has 1 aliphatic carbocycles. The molecule has 2 atom stereocenters. The molecule has 1 heterocycles. The topological polar surface area (TPSA) is 65.4 Å². The van der Waals surface area contributed by atoms with E-state index in [-0.39, 0.29) is 17.7 Å². The number of ether oxygens (including phenoxy) is 2. The summed E-state index contributed by atoms with van der Waals surface area (Å²) in [6.45, 7) is 4.66. The van der Waals surface area contributed by atoms with Crippen molar-refractivity contribution >= 4 is 17.4 Å². The molecule has 2 aromatic carbocycles.